The lowest BCUT2D eigenvalue weighted by molar-refractivity contribution is 0.0241. The third kappa shape index (κ3) is 3.12. The van der Waals surface area contributed by atoms with Gasteiger partial charge in [0, 0.05) is 43.8 Å². The molecule has 4 aromatic carbocycles. The van der Waals surface area contributed by atoms with Crippen LogP contribution in [0.1, 0.15) is 109 Å². The summed E-state index contributed by atoms with van der Waals surface area (Å²) >= 11 is 0. The molecule has 1 aliphatic carbocycles. The highest BCUT2D eigenvalue weighted by Crippen LogP contribution is 2.42. The van der Waals surface area contributed by atoms with E-state index in [0.29, 0.717) is 25.7 Å². The topological polar surface area (TPSA) is 162 Å². The molecule has 0 bridgehead atoms. The maximum absolute atomic E-state index is 14.2. The Morgan fingerprint density at radius 2 is 0.630 bits per heavy atom. The van der Waals surface area contributed by atoms with Crippen LogP contribution >= 0.6 is 0 Å². The summed E-state index contributed by atoms with van der Waals surface area (Å²) in [5.74, 6) is -6.18. The van der Waals surface area contributed by atoms with Gasteiger partial charge in [0.15, 0.2) is 0 Å². The highest BCUT2D eigenvalue weighted by molar-refractivity contribution is 6.33. The first-order chi connectivity index (χ1) is 22.2. The largest absolute Gasteiger partial charge is 0.386 e. The fourth-order valence-corrected chi connectivity index (χ4v) is 7.77. The predicted octanol–water partition coefficient (Wildman–Crippen LogP) is 3.82. The second kappa shape index (κ2) is 8.78. The van der Waals surface area contributed by atoms with E-state index in [1.54, 1.807) is 0 Å². The number of cyclic esters (lactones) is 4. The van der Waals surface area contributed by atoms with Gasteiger partial charge in [0.25, 0.3) is 23.6 Å². The van der Waals surface area contributed by atoms with Gasteiger partial charge in [0.05, 0.1) is 34.3 Å². The average molecular weight is 615 g/mol. The molecule has 0 N–H and O–H groups in total. The van der Waals surface area contributed by atoms with Crippen LogP contribution in [0.5, 0.6) is 0 Å². The number of hydrogen-bond donors (Lipinski definition) is 0. The van der Waals surface area contributed by atoms with Crippen LogP contribution in [0.15, 0.2) is 48.5 Å². The molecule has 0 aromatic heterocycles. The van der Waals surface area contributed by atoms with Crippen molar-refractivity contribution in [3.63, 3.8) is 0 Å². The minimum absolute atomic E-state index is 0.0677. The number of ether oxygens (including phenoxy) is 2. The number of imide groups is 2. The molecule has 46 heavy (non-hydrogen) atoms. The molecule has 12 heteroatoms. The number of esters is 4. The van der Waals surface area contributed by atoms with Gasteiger partial charge in [-0.25, -0.2) is 19.2 Å². The van der Waals surface area contributed by atoms with Crippen molar-refractivity contribution in [3.8, 4) is 0 Å². The Morgan fingerprint density at radius 3 is 0.913 bits per heavy atom. The van der Waals surface area contributed by atoms with E-state index in [1.165, 1.54) is 48.5 Å². The highest BCUT2D eigenvalue weighted by Gasteiger charge is 2.49. The molecule has 0 saturated heterocycles. The van der Waals surface area contributed by atoms with Gasteiger partial charge in [-0.3, -0.25) is 29.0 Å². The van der Waals surface area contributed by atoms with Crippen molar-refractivity contribution in [2.45, 2.75) is 37.8 Å². The van der Waals surface area contributed by atoms with Crippen LogP contribution < -0.4 is 0 Å². The lowest BCUT2D eigenvalue weighted by Crippen LogP contribution is -2.61. The molecule has 4 aromatic rings. The van der Waals surface area contributed by atoms with Gasteiger partial charge < -0.3 is 9.47 Å². The first kappa shape index (κ1) is 26.4. The fourth-order valence-electron chi connectivity index (χ4n) is 7.77. The SMILES string of the molecule is O=C1OC(=O)c2ccc3c4c(ccc1c24)C(=O)N(C1CCCC[C@H]1N1C(=O)c2ccc4c5c(ccc(c25)C1=O)C(=O)OC4=O)C3=O. The number of benzene rings is 4. The number of carbonyl (C=O) groups is 8. The molecule has 1 saturated carbocycles. The number of hydrogen-bond acceptors (Lipinski definition) is 10. The van der Waals surface area contributed by atoms with E-state index >= 15 is 0 Å². The normalized spacial score (nSPS) is 21.7. The molecule has 12 nitrogen and oxygen atoms in total. The van der Waals surface area contributed by atoms with Gasteiger partial charge in [-0.2, -0.15) is 0 Å². The molecule has 1 unspecified atom stereocenters. The minimum atomic E-state index is -0.880. The van der Waals surface area contributed by atoms with Gasteiger partial charge >= 0.3 is 23.9 Å². The van der Waals surface area contributed by atoms with Gasteiger partial charge in [-0.05, 0) is 61.4 Å². The van der Waals surface area contributed by atoms with Gasteiger partial charge in [-0.15, -0.1) is 0 Å². The molecule has 4 amide bonds. The zero-order chi connectivity index (χ0) is 31.8. The Kier molecular flexibility index (Phi) is 5.03. The monoisotopic (exact) mass is 614 g/mol. The van der Waals surface area contributed by atoms with Crippen LogP contribution in [0.3, 0.4) is 0 Å². The average Bonchev–Trinajstić information content (AvgIpc) is 3.04. The van der Waals surface area contributed by atoms with E-state index in [1.807, 2.05) is 0 Å². The van der Waals surface area contributed by atoms with Crippen molar-refractivity contribution in [3.05, 3.63) is 93.0 Å². The van der Waals surface area contributed by atoms with Crippen LogP contribution in [0.25, 0.3) is 21.5 Å². The number of nitrogens with zero attached hydrogens (tertiary/aromatic N) is 2. The van der Waals surface area contributed by atoms with Gasteiger partial charge in [-0.1, -0.05) is 12.8 Å². The molecule has 224 valence electrons. The van der Waals surface area contributed by atoms with E-state index in [4.69, 9.17) is 9.47 Å². The number of amides is 4. The van der Waals surface area contributed by atoms with Gasteiger partial charge in [0.1, 0.15) is 0 Å². The molecule has 4 heterocycles. The quantitative estimate of drug-likeness (QED) is 0.184. The van der Waals surface area contributed by atoms with Crippen LogP contribution in [0.4, 0.5) is 0 Å². The standard InChI is InChI=1S/C34H18N2O10/c37-27-13-5-9-17-25-18(32(42)45-31(17)41)10-6-14(23(13)25)28(38)35(27)21-3-1-2-4-22(21)36-29(39)15-7-11-19-26-20(34(44)46-33(19)43)12-8-16(24(15)26)30(36)40/h5-12,21-22H,1-4H2/t21-,22?/m1/s1. The van der Waals surface area contributed by atoms with Crippen molar-refractivity contribution < 1.29 is 47.8 Å². The summed E-state index contributed by atoms with van der Waals surface area (Å²) in [6, 6.07) is 9.46. The third-order valence-corrected chi connectivity index (χ3v) is 9.73. The second-order valence-corrected chi connectivity index (χ2v) is 11.9. The summed E-state index contributed by atoms with van der Waals surface area (Å²) in [5, 5.41) is 0.729. The molecule has 9 rings (SSSR count). The molecular weight excluding hydrogens is 596 g/mol. The summed E-state index contributed by atoms with van der Waals surface area (Å²) in [7, 11) is 0. The van der Waals surface area contributed by atoms with E-state index in [2.05, 4.69) is 0 Å². The Bertz CT molecular complexity index is 2000. The molecule has 1 fully saturated rings. The molecular formula is C34H18N2O10. The van der Waals surface area contributed by atoms with Crippen LogP contribution in [0.2, 0.25) is 0 Å². The minimum Gasteiger partial charge on any atom is -0.386 e. The zero-order valence-electron chi connectivity index (χ0n) is 23.6. The van der Waals surface area contributed by atoms with E-state index in [-0.39, 0.29) is 66.1 Å². The van der Waals surface area contributed by atoms with Crippen LogP contribution in [0, 0.1) is 0 Å². The Morgan fingerprint density at radius 1 is 0.391 bits per heavy atom. The molecule has 2 atom stereocenters. The van der Waals surface area contributed by atoms with Gasteiger partial charge in [0.2, 0.25) is 0 Å². The molecule has 5 aliphatic rings. The van der Waals surface area contributed by atoms with Crippen molar-refractivity contribution in [1.29, 1.82) is 0 Å². The zero-order valence-corrected chi connectivity index (χ0v) is 23.6. The maximum Gasteiger partial charge on any atom is 0.346 e. The smallest absolute Gasteiger partial charge is 0.346 e. The summed E-state index contributed by atoms with van der Waals surface area (Å²) in [6.45, 7) is 0. The van der Waals surface area contributed by atoms with E-state index in [9.17, 15) is 38.4 Å². The van der Waals surface area contributed by atoms with Crippen molar-refractivity contribution in [2.75, 3.05) is 0 Å². The molecule has 0 radical (unpaired) electrons. The van der Waals surface area contributed by atoms with E-state index in [0.717, 1.165) is 9.80 Å². The maximum atomic E-state index is 14.2. The lowest BCUT2D eigenvalue weighted by Gasteiger charge is -2.45. The van der Waals surface area contributed by atoms with Crippen LogP contribution in [-0.2, 0) is 9.47 Å². The third-order valence-electron chi connectivity index (χ3n) is 9.73. The van der Waals surface area contributed by atoms with Crippen molar-refractivity contribution >= 4 is 69.1 Å². The summed E-state index contributed by atoms with van der Waals surface area (Å²) in [6.07, 6.45) is 1.88. The van der Waals surface area contributed by atoms with E-state index < -0.39 is 59.6 Å². The predicted molar refractivity (Wildman–Crippen MR) is 154 cm³/mol. The Hall–Kier alpha value is -6.04. The summed E-state index contributed by atoms with van der Waals surface area (Å²) in [5.41, 5.74) is 0.713. The summed E-state index contributed by atoms with van der Waals surface area (Å²) < 4.78 is 9.64. The molecule has 0 spiro atoms. The molecule has 4 aliphatic heterocycles. The number of carbonyl (C=O) groups excluding carboxylic acids is 8. The second-order valence-electron chi connectivity index (χ2n) is 11.9. The van der Waals surface area contributed by atoms with Crippen LogP contribution in [-0.4, -0.2) is 69.4 Å². The Labute approximate surface area is 257 Å². The Balaban J connectivity index is 1.16. The number of rotatable bonds is 2. The summed E-state index contributed by atoms with van der Waals surface area (Å²) in [4.78, 5) is 109. The lowest BCUT2D eigenvalue weighted by atomic mass is 9.81. The fraction of sp³-hybridized carbons (Fsp3) is 0.176. The first-order valence-corrected chi connectivity index (χ1v) is 14.7. The van der Waals surface area contributed by atoms with Crippen molar-refractivity contribution in [2.24, 2.45) is 0 Å². The first-order valence-electron chi connectivity index (χ1n) is 14.7. The van der Waals surface area contributed by atoms with Crippen molar-refractivity contribution in [1.82, 2.24) is 9.80 Å². The highest BCUT2D eigenvalue weighted by atomic mass is 16.6.